The number of para-hydroxylation sites is 1. The largest absolute Gasteiger partial charge is 0.382 e. The Morgan fingerprint density at radius 1 is 1.35 bits per heavy atom. The van der Waals surface area contributed by atoms with Gasteiger partial charge in [-0.2, -0.15) is 0 Å². The number of nitrogens with one attached hydrogen (secondary N) is 2. The lowest BCUT2D eigenvalue weighted by molar-refractivity contribution is 0.0672. The number of carbonyl (C=O) groups is 1. The Kier molecular flexibility index (Phi) is 3.81. The first-order valence-corrected chi connectivity index (χ1v) is 7.69. The van der Waals surface area contributed by atoms with Crippen LogP contribution < -0.4 is 10.6 Å². The van der Waals surface area contributed by atoms with E-state index in [1.807, 2.05) is 23.1 Å². The third kappa shape index (κ3) is 2.47. The predicted molar refractivity (Wildman–Crippen MR) is 82.3 cm³/mol. The van der Waals surface area contributed by atoms with E-state index < -0.39 is 0 Å². The van der Waals surface area contributed by atoms with Crippen molar-refractivity contribution in [2.45, 2.75) is 26.2 Å². The van der Waals surface area contributed by atoms with Gasteiger partial charge in [-0.1, -0.05) is 19.4 Å². The summed E-state index contributed by atoms with van der Waals surface area (Å²) < 4.78 is 0. The predicted octanol–water partition coefficient (Wildman–Crippen LogP) is 2.79. The first-order chi connectivity index (χ1) is 9.79. The molecule has 1 aromatic rings. The summed E-state index contributed by atoms with van der Waals surface area (Å²) >= 11 is 0. The highest BCUT2D eigenvalue weighted by molar-refractivity contribution is 6.02. The quantitative estimate of drug-likeness (QED) is 0.871. The van der Waals surface area contributed by atoms with Crippen molar-refractivity contribution in [3.8, 4) is 0 Å². The molecule has 0 aliphatic carbocycles. The molecule has 2 N–H and O–H groups in total. The SMILES string of the molecule is CCC1CCCN(C(=O)c2cccc3c2NCCN3)C1. The highest BCUT2D eigenvalue weighted by Crippen LogP contribution is 2.30. The summed E-state index contributed by atoms with van der Waals surface area (Å²) in [6.07, 6.45) is 3.55. The fraction of sp³-hybridized carbons (Fsp3) is 0.562. The summed E-state index contributed by atoms with van der Waals surface area (Å²) in [6.45, 7) is 5.80. The van der Waals surface area contributed by atoms with Crippen LogP contribution in [0.25, 0.3) is 0 Å². The molecule has 1 unspecified atom stereocenters. The lowest BCUT2D eigenvalue weighted by Gasteiger charge is -2.33. The highest BCUT2D eigenvalue weighted by atomic mass is 16.2. The number of amides is 1. The Balaban J connectivity index is 1.83. The van der Waals surface area contributed by atoms with Crippen molar-refractivity contribution < 1.29 is 4.79 Å². The number of benzene rings is 1. The van der Waals surface area contributed by atoms with Crippen LogP contribution >= 0.6 is 0 Å². The number of hydrogen-bond donors (Lipinski definition) is 2. The van der Waals surface area contributed by atoms with E-state index in [1.165, 1.54) is 6.42 Å². The maximum absolute atomic E-state index is 12.8. The van der Waals surface area contributed by atoms with Crippen molar-refractivity contribution >= 4 is 17.3 Å². The Labute approximate surface area is 120 Å². The van der Waals surface area contributed by atoms with E-state index >= 15 is 0 Å². The monoisotopic (exact) mass is 273 g/mol. The zero-order valence-electron chi connectivity index (χ0n) is 12.1. The lowest BCUT2D eigenvalue weighted by atomic mass is 9.95. The Hall–Kier alpha value is -1.71. The van der Waals surface area contributed by atoms with Crippen molar-refractivity contribution in [3.63, 3.8) is 0 Å². The van der Waals surface area contributed by atoms with Crippen molar-refractivity contribution in [2.24, 2.45) is 5.92 Å². The van der Waals surface area contributed by atoms with E-state index in [9.17, 15) is 4.79 Å². The maximum atomic E-state index is 12.8. The molecule has 2 aliphatic rings. The van der Waals surface area contributed by atoms with Gasteiger partial charge in [0.15, 0.2) is 0 Å². The zero-order valence-corrected chi connectivity index (χ0v) is 12.1. The Bertz CT molecular complexity index is 500. The molecule has 0 saturated carbocycles. The Morgan fingerprint density at radius 3 is 3.05 bits per heavy atom. The fourth-order valence-corrected chi connectivity index (χ4v) is 3.21. The van der Waals surface area contributed by atoms with Gasteiger partial charge in [-0.05, 0) is 30.9 Å². The first-order valence-electron chi connectivity index (χ1n) is 7.69. The van der Waals surface area contributed by atoms with E-state index in [2.05, 4.69) is 17.6 Å². The van der Waals surface area contributed by atoms with Gasteiger partial charge in [0.05, 0.1) is 16.9 Å². The molecule has 0 bridgehead atoms. The van der Waals surface area contributed by atoms with E-state index in [0.29, 0.717) is 5.92 Å². The molecule has 1 aromatic carbocycles. The number of rotatable bonds is 2. The average Bonchev–Trinajstić information content (AvgIpc) is 2.53. The number of carbonyl (C=O) groups excluding carboxylic acids is 1. The minimum atomic E-state index is 0.177. The van der Waals surface area contributed by atoms with E-state index in [-0.39, 0.29) is 5.91 Å². The van der Waals surface area contributed by atoms with Crippen LogP contribution in [-0.2, 0) is 0 Å². The molecule has 1 saturated heterocycles. The second kappa shape index (κ2) is 5.73. The number of nitrogens with zero attached hydrogens (tertiary/aromatic N) is 1. The number of anilines is 2. The summed E-state index contributed by atoms with van der Waals surface area (Å²) in [6, 6.07) is 5.94. The number of hydrogen-bond acceptors (Lipinski definition) is 3. The molecular weight excluding hydrogens is 250 g/mol. The smallest absolute Gasteiger partial charge is 0.256 e. The molecular formula is C16H23N3O. The molecule has 4 heteroatoms. The molecule has 1 fully saturated rings. The summed E-state index contributed by atoms with van der Waals surface area (Å²) in [4.78, 5) is 14.8. The molecule has 2 aliphatic heterocycles. The van der Waals surface area contributed by atoms with Gasteiger partial charge < -0.3 is 15.5 Å². The molecule has 2 heterocycles. The van der Waals surface area contributed by atoms with Crippen LogP contribution in [0.5, 0.6) is 0 Å². The van der Waals surface area contributed by atoms with E-state index in [1.54, 1.807) is 0 Å². The molecule has 1 amide bonds. The van der Waals surface area contributed by atoms with Gasteiger partial charge in [-0.25, -0.2) is 0 Å². The van der Waals surface area contributed by atoms with Crippen LogP contribution in [-0.4, -0.2) is 37.0 Å². The molecule has 108 valence electrons. The van der Waals surface area contributed by atoms with Crippen LogP contribution in [0.1, 0.15) is 36.5 Å². The maximum Gasteiger partial charge on any atom is 0.256 e. The second-order valence-corrected chi connectivity index (χ2v) is 5.75. The van der Waals surface area contributed by atoms with Gasteiger partial charge in [0.1, 0.15) is 0 Å². The summed E-state index contributed by atoms with van der Waals surface area (Å²) in [5, 5.41) is 6.71. The third-order valence-corrected chi connectivity index (χ3v) is 4.42. The number of piperidine rings is 1. The van der Waals surface area contributed by atoms with Gasteiger partial charge in [-0.3, -0.25) is 4.79 Å². The molecule has 0 aromatic heterocycles. The minimum absolute atomic E-state index is 0.177. The third-order valence-electron chi connectivity index (χ3n) is 4.42. The molecule has 0 radical (unpaired) electrons. The van der Waals surface area contributed by atoms with Gasteiger partial charge in [-0.15, -0.1) is 0 Å². The van der Waals surface area contributed by atoms with Crippen molar-refractivity contribution in [3.05, 3.63) is 23.8 Å². The van der Waals surface area contributed by atoms with Crippen LogP contribution in [0.3, 0.4) is 0 Å². The summed E-state index contributed by atoms with van der Waals surface area (Å²) in [5.74, 6) is 0.842. The molecule has 1 atom stereocenters. The normalized spacial score (nSPS) is 21.6. The molecule has 0 spiro atoms. The number of likely N-dealkylation sites (tertiary alicyclic amines) is 1. The summed E-state index contributed by atoms with van der Waals surface area (Å²) in [5.41, 5.74) is 2.83. The van der Waals surface area contributed by atoms with Crippen LogP contribution in [0.4, 0.5) is 11.4 Å². The fourth-order valence-electron chi connectivity index (χ4n) is 3.21. The number of fused-ring (bicyclic) bond motifs is 1. The first kappa shape index (κ1) is 13.3. The topological polar surface area (TPSA) is 44.4 Å². The highest BCUT2D eigenvalue weighted by Gasteiger charge is 2.26. The minimum Gasteiger partial charge on any atom is -0.382 e. The molecule has 3 rings (SSSR count). The lowest BCUT2D eigenvalue weighted by Crippen LogP contribution is -2.40. The average molecular weight is 273 g/mol. The van der Waals surface area contributed by atoms with Gasteiger partial charge in [0, 0.05) is 26.2 Å². The van der Waals surface area contributed by atoms with Crippen LogP contribution in [0.2, 0.25) is 0 Å². The van der Waals surface area contributed by atoms with Crippen LogP contribution in [0, 0.1) is 5.92 Å². The van der Waals surface area contributed by atoms with Gasteiger partial charge in [0.25, 0.3) is 5.91 Å². The standard InChI is InChI=1S/C16H23N3O/c1-2-12-5-4-10-19(11-12)16(20)13-6-3-7-14-15(13)18-9-8-17-14/h3,6-7,12,17-18H,2,4-5,8-11H2,1H3. The van der Waals surface area contributed by atoms with Gasteiger partial charge in [0.2, 0.25) is 0 Å². The van der Waals surface area contributed by atoms with Crippen molar-refractivity contribution in [1.82, 2.24) is 4.90 Å². The van der Waals surface area contributed by atoms with E-state index in [0.717, 1.165) is 56.0 Å². The molecule has 20 heavy (non-hydrogen) atoms. The summed E-state index contributed by atoms with van der Waals surface area (Å²) in [7, 11) is 0. The van der Waals surface area contributed by atoms with Gasteiger partial charge >= 0.3 is 0 Å². The molecule has 4 nitrogen and oxygen atoms in total. The van der Waals surface area contributed by atoms with Crippen molar-refractivity contribution in [1.29, 1.82) is 0 Å². The van der Waals surface area contributed by atoms with Crippen LogP contribution in [0.15, 0.2) is 18.2 Å². The Morgan fingerprint density at radius 2 is 2.20 bits per heavy atom. The van der Waals surface area contributed by atoms with E-state index in [4.69, 9.17) is 0 Å². The van der Waals surface area contributed by atoms with Crippen molar-refractivity contribution in [2.75, 3.05) is 36.8 Å². The zero-order chi connectivity index (χ0) is 13.9. The second-order valence-electron chi connectivity index (χ2n) is 5.75.